The molecule has 0 spiro atoms. The van der Waals surface area contributed by atoms with Gasteiger partial charge in [-0.1, -0.05) is 12.1 Å². The lowest BCUT2D eigenvalue weighted by molar-refractivity contribution is -0.119. The van der Waals surface area contributed by atoms with Crippen LogP contribution in [0.3, 0.4) is 0 Å². The quantitative estimate of drug-likeness (QED) is 0.588. The van der Waals surface area contributed by atoms with E-state index < -0.39 is 5.97 Å². The van der Waals surface area contributed by atoms with Gasteiger partial charge in [-0.05, 0) is 73.6 Å². The molecule has 28 heavy (non-hydrogen) atoms. The Hall–Kier alpha value is -2.95. The molecule has 1 heterocycles. The highest BCUT2D eigenvalue weighted by Crippen LogP contribution is 2.23. The van der Waals surface area contributed by atoms with E-state index in [0.29, 0.717) is 24.1 Å². The average molecular weight is 377 g/mol. The number of fused-ring (bicyclic) bond motifs is 1. The second-order valence-electron chi connectivity index (χ2n) is 7.39. The molecule has 0 bridgehead atoms. The number of piperidine rings is 1. The number of amides is 1. The maximum atomic E-state index is 12.4. The van der Waals surface area contributed by atoms with E-state index in [4.69, 9.17) is 4.74 Å². The Kier molecular flexibility index (Phi) is 5.24. The molecule has 0 saturated carbocycles. The van der Waals surface area contributed by atoms with Crippen LogP contribution in [0.2, 0.25) is 0 Å². The Morgan fingerprint density at radius 1 is 0.857 bits per heavy atom. The molecule has 0 radical (unpaired) electrons. The highest BCUT2D eigenvalue weighted by molar-refractivity contribution is 6.00. The lowest BCUT2D eigenvalue weighted by Gasteiger charge is -2.26. The van der Waals surface area contributed by atoms with E-state index in [2.05, 4.69) is 0 Å². The fraction of sp³-hybridized carbons (Fsp3) is 0.348. The molecule has 0 aromatic heterocycles. The number of ether oxygens (including phenoxy) is 1. The van der Waals surface area contributed by atoms with E-state index in [0.717, 1.165) is 37.8 Å². The topological polar surface area (TPSA) is 63.7 Å². The van der Waals surface area contributed by atoms with E-state index in [9.17, 15) is 14.4 Å². The van der Waals surface area contributed by atoms with Crippen LogP contribution in [0.1, 0.15) is 57.5 Å². The number of hydrogen-bond acceptors (Lipinski definition) is 4. The number of nitrogens with zero attached hydrogens (tertiary/aromatic N) is 1. The predicted molar refractivity (Wildman–Crippen MR) is 106 cm³/mol. The molecular formula is C23H23NO4. The van der Waals surface area contributed by atoms with Gasteiger partial charge in [0.25, 0.3) is 0 Å². The molecule has 144 valence electrons. The number of anilines is 1. The van der Waals surface area contributed by atoms with Gasteiger partial charge in [0, 0.05) is 24.2 Å². The van der Waals surface area contributed by atoms with Gasteiger partial charge in [-0.25, -0.2) is 4.79 Å². The van der Waals surface area contributed by atoms with Crippen molar-refractivity contribution in [1.29, 1.82) is 0 Å². The summed E-state index contributed by atoms with van der Waals surface area (Å²) in [5.74, 6) is -0.619. The maximum absolute atomic E-state index is 12.4. The second kappa shape index (κ2) is 7.97. The Bertz CT molecular complexity index is 917. The predicted octanol–water partition coefficient (Wildman–Crippen LogP) is 3.73. The third-order valence-corrected chi connectivity index (χ3v) is 5.49. The minimum atomic E-state index is -0.536. The molecule has 1 saturated heterocycles. The van der Waals surface area contributed by atoms with Gasteiger partial charge >= 0.3 is 5.97 Å². The standard InChI is InChI=1S/C23H23NO4/c25-21(19-8-7-16-4-3-5-18(16)14-19)15-28-23(27)17-9-11-20(12-10-17)24-13-2-1-6-22(24)26/h7-12,14H,1-6,13,15H2. The van der Waals surface area contributed by atoms with Gasteiger partial charge in [0.2, 0.25) is 5.91 Å². The number of benzene rings is 2. The van der Waals surface area contributed by atoms with Crippen LogP contribution in [0.25, 0.3) is 0 Å². The van der Waals surface area contributed by atoms with Crippen LogP contribution < -0.4 is 4.90 Å². The molecule has 2 aliphatic rings. The van der Waals surface area contributed by atoms with Gasteiger partial charge in [0.1, 0.15) is 0 Å². The van der Waals surface area contributed by atoms with Crippen molar-refractivity contribution in [3.8, 4) is 0 Å². The fourth-order valence-electron chi connectivity index (χ4n) is 3.90. The molecule has 1 aliphatic heterocycles. The smallest absolute Gasteiger partial charge is 0.338 e. The summed E-state index contributed by atoms with van der Waals surface area (Å²) >= 11 is 0. The van der Waals surface area contributed by atoms with Gasteiger partial charge in [-0.15, -0.1) is 0 Å². The number of hydrogen-bond donors (Lipinski definition) is 0. The SMILES string of the molecule is O=C(COC(=O)c1ccc(N2CCCCC2=O)cc1)c1ccc2c(c1)CCC2. The van der Waals surface area contributed by atoms with Crippen molar-refractivity contribution in [3.05, 3.63) is 64.7 Å². The lowest BCUT2D eigenvalue weighted by atomic mass is 10.0. The van der Waals surface area contributed by atoms with Crippen molar-refractivity contribution < 1.29 is 19.1 Å². The average Bonchev–Trinajstić information content (AvgIpc) is 3.20. The van der Waals surface area contributed by atoms with Crippen LogP contribution >= 0.6 is 0 Å². The second-order valence-corrected chi connectivity index (χ2v) is 7.39. The Morgan fingerprint density at radius 2 is 1.61 bits per heavy atom. The zero-order chi connectivity index (χ0) is 19.5. The van der Waals surface area contributed by atoms with E-state index >= 15 is 0 Å². The summed E-state index contributed by atoms with van der Waals surface area (Å²) in [6.45, 7) is 0.432. The largest absolute Gasteiger partial charge is 0.454 e. The minimum Gasteiger partial charge on any atom is -0.454 e. The van der Waals surface area contributed by atoms with Crippen molar-refractivity contribution >= 4 is 23.3 Å². The summed E-state index contributed by atoms with van der Waals surface area (Å²) in [6, 6.07) is 12.5. The Balaban J connectivity index is 1.36. The number of ketones is 1. The number of carbonyl (C=O) groups is 3. The molecule has 1 amide bonds. The number of rotatable bonds is 5. The fourth-order valence-corrected chi connectivity index (χ4v) is 3.90. The first-order valence-electron chi connectivity index (χ1n) is 9.84. The molecule has 1 fully saturated rings. The molecule has 0 N–H and O–H groups in total. The number of aryl methyl sites for hydroxylation is 2. The molecule has 1 aliphatic carbocycles. The molecule has 0 unspecified atom stereocenters. The van der Waals surface area contributed by atoms with Gasteiger partial charge in [-0.2, -0.15) is 0 Å². The molecule has 4 rings (SSSR count). The van der Waals surface area contributed by atoms with Crippen molar-refractivity contribution in [3.63, 3.8) is 0 Å². The van der Waals surface area contributed by atoms with Gasteiger partial charge in [0.05, 0.1) is 5.56 Å². The Morgan fingerprint density at radius 3 is 2.39 bits per heavy atom. The monoisotopic (exact) mass is 377 g/mol. The first-order valence-corrected chi connectivity index (χ1v) is 9.84. The minimum absolute atomic E-state index is 0.113. The summed E-state index contributed by atoms with van der Waals surface area (Å²) in [5.41, 5.74) is 4.28. The van der Waals surface area contributed by atoms with Crippen molar-refractivity contribution in [2.45, 2.75) is 38.5 Å². The zero-order valence-electron chi connectivity index (χ0n) is 15.8. The third-order valence-electron chi connectivity index (χ3n) is 5.49. The van der Waals surface area contributed by atoms with Gasteiger partial charge in [0.15, 0.2) is 12.4 Å². The van der Waals surface area contributed by atoms with Crippen LogP contribution in [0.5, 0.6) is 0 Å². The number of carbonyl (C=O) groups excluding carboxylic acids is 3. The van der Waals surface area contributed by atoms with Crippen molar-refractivity contribution in [2.24, 2.45) is 0 Å². The summed E-state index contributed by atoms with van der Waals surface area (Å²) < 4.78 is 5.20. The highest BCUT2D eigenvalue weighted by atomic mass is 16.5. The van der Waals surface area contributed by atoms with Crippen LogP contribution in [0, 0.1) is 0 Å². The van der Waals surface area contributed by atoms with Crippen LogP contribution in [-0.4, -0.2) is 30.8 Å². The first kappa shape index (κ1) is 18.4. The molecular weight excluding hydrogens is 354 g/mol. The summed E-state index contributed by atoms with van der Waals surface area (Å²) in [4.78, 5) is 38.4. The summed E-state index contributed by atoms with van der Waals surface area (Å²) in [6.07, 6.45) is 5.67. The summed E-state index contributed by atoms with van der Waals surface area (Å²) in [7, 11) is 0. The number of Topliss-reactive ketones (excluding diaryl/α,β-unsaturated/α-hetero) is 1. The first-order chi connectivity index (χ1) is 13.6. The van der Waals surface area contributed by atoms with E-state index in [1.165, 1.54) is 11.1 Å². The molecule has 2 aromatic carbocycles. The highest BCUT2D eigenvalue weighted by Gasteiger charge is 2.20. The van der Waals surface area contributed by atoms with Crippen LogP contribution in [0.15, 0.2) is 42.5 Å². The van der Waals surface area contributed by atoms with Crippen molar-refractivity contribution in [1.82, 2.24) is 0 Å². The van der Waals surface area contributed by atoms with E-state index in [-0.39, 0.29) is 18.3 Å². The van der Waals surface area contributed by atoms with E-state index in [1.54, 1.807) is 29.2 Å². The lowest BCUT2D eigenvalue weighted by Crippen LogP contribution is -2.35. The summed E-state index contributed by atoms with van der Waals surface area (Å²) in [5, 5.41) is 0. The van der Waals surface area contributed by atoms with Crippen LogP contribution in [0.4, 0.5) is 5.69 Å². The number of esters is 1. The van der Waals surface area contributed by atoms with Crippen molar-refractivity contribution in [2.75, 3.05) is 18.1 Å². The van der Waals surface area contributed by atoms with Gasteiger partial charge < -0.3 is 9.64 Å². The molecule has 5 nitrogen and oxygen atoms in total. The van der Waals surface area contributed by atoms with Crippen LogP contribution in [-0.2, 0) is 22.4 Å². The maximum Gasteiger partial charge on any atom is 0.338 e. The normalized spacial score (nSPS) is 16.0. The zero-order valence-corrected chi connectivity index (χ0v) is 15.8. The van der Waals surface area contributed by atoms with Gasteiger partial charge in [-0.3, -0.25) is 9.59 Å². The van der Waals surface area contributed by atoms with E-state index in [1.807, 2.05) is 18.2 Å². The third kappa shape index (κ3) is 3.84. The molecule has 0 atom stereocenters. The molecule has 2 aromatic rings. The molecule has 5 heteroatoms. The Labute approximate surface area is 164 Å².